The number of anilines is 1. The molecule has 3 atom stereocenters. The van der Waals surface area contributed by atoms with Crippen LogP contribution in [0.5, 0.6) is 0 Å². The van der Waals surface area contributed by atoms with Crippen molar-refractivity contribution >= 4 is 29.3 Å². The third kappa shape index (κ3) is 2.00. The quantitative estimate of drug-likeness (QED) is 0.559. The first kappa shape index (κ1) is 12.5. The lowest BCUT2D eigenvalue weighted by atomic mass is 10.2. The molecule has 0 spiro atoms. The molecular weight excluding hydrogens is 270 g/mol. The Balaban J connectivity index is 2.05. The van der Waals surface area contributed by atoms with Crippen LogP contribution >= 0.6 is 12.2 Å². The molecule has 1 aliphatic rings. The van der Waals surface area contributed by atoms with Crippen LogP contribution in [0.15, 0.2) is 6.33 Å². The SMILES string of the molecule is Nc1nc2c(ncn2[C@H]2C[C@@H](O)C(CO)O2)c(=S)[nH]1. The van der Waals surface area contributed by atoms with Gasteiger partial charge in [-0.05, 0) is 0 Å². The molecule has 2 aromatic heterocycles. The zero-order chi connectivity index (χ0) is 13.6. The minimum atomic E-state index is -0.719. The topological polar surface area (TPSA) is 122 Å². The van der Waals surface area contributed by atoms with Crippen LogP contribution in [0.25, 0.3) is 11.2 Å². The van der Waals surface area contributed by atoms with E-state index in [1.54, 1.807) is 4.57 Å². The van der Waals surface area contributed by atoms with Gasteiger partial charge in [-0.1, -0.05) is 12.2 Å². The third-order valence-corrected chi connectivity index (χ3v) is 3.44. The van der Waals surface area contributed by atoms with E-state index in [2.05, 4.69) is 15.0 Å². The maximum absolute atomic E-state index is 9.75. The molecule has 0 aliphatic carbocycles. The largest absolute Gasteiger partial charge is 0.394 e. The molecule has 1 aliphatic heterocycles. The summed E-state index contributed by atoms with van der Waals surface area (Å²) in [6.07, 6.45) is 0.128. The van der Waals surface area contributed by atoms with Gasteiger partial charge in [0.1, 0.15) is 22.5 Å². The molecule has 9 heteroatoms. The molecule has 1 unspecified atom stereocenters. The van der Waals surface area contributed by atoms with E-state index >= 15 is 0 Å². The number of aliphatic hydroxyl groups is 2. The number of fused-ring (bicyclic) bond motifs is 1. The van der Waals surface area contributed by atoms with E-state index in [9.17, 15) is 5.11 Å². The number of hydrogen-bond donors (Lipinski definition) is 4. The van der Waals surface area contributed by atoms with Crippen molar-refractivity contribution in [1.82, 2.24) is 19.5 Å². The average molecular weight is 283 g/mol. The summed E-state index contributed by atoms with van der Waals surface area (Å²) in [7, 11) is 0. The molecule has 2 aromatic rings. The molecular formula is C10H13N5O3S. The van der Waals surface area contributed by atoms with E-state index in [0.717, 1.165) is 0 Å². The fourth-order valence-electron chi connectivity index (χ4n) is 2.20. The smallest absolute Gasteiger partial charge is 0.200 e. The summed E-state index contributed by atoms with van der Waals surface area (Å²) < 4.78 is 7.62. The molecule has 0 radical (unpaired) electrons. The number of nitrogen functional groups attached to an aromatic ring is 1. The summed E-state index contributed by atoms with van der Waals surface area (Å²) in [6.45, 7) is -0.236. The Hall–Kier alpha value is -1.55. The van der Waals surface area contributed by atoms with E-state index in [0.29, 0.717) is 22.2 Å². The third-order valence-electron chi connectivity index (χ3n) is 3.15. The number of ether oxygens (including phenoxy) is 1. The number of aliphatic hydroxyl groups excluding tert-OH is 2. The Labute approximate surface area is 112 Å². The first-order valence-corrected chi connectivity index (χ1v) is 6.17. The Morgan fingerprint density at radius 1 is 1.63 bits per heavy atom. The van der Waals surface area contributed by atoms with E-state index in [-0.39, 0.29) is 12.6 Å². The minimum absolute atomic E-state index is 0.191. The van der Waals surface area contributed by atoms with Crippen LogP contribution in [-0.2, 0) is 4.74 Å². The highest BCUT2D eigenvalue weighted by atomic mass is 32.1. The second kappa shape index (κ2) is 4.53. The van der Waals surface area contributed by atoms with Gasteiger partial charge in [0.2, 0.25) is 5.95 Å². The number of nitrogens with one attached hydrogen (secondary N) is 1. The van der Waals surface area contributed by atoms with Gasteiger partial charge < -0.3 is 25.7 Å². The van der Waals surface area contributed by atoms with Crippen LogP contribution in [0.2, 0.25) is 0 Å². The summed E-state index contributed by atoms with van der Waals surface area (Å²) in [6, 6.07) is 0. The molecule has 0 saturated carbocycles. The normalized spacial score (nSPS) is 27.2. The molecule has 0 amide bonds. The van der Waals surface area contributed by atoms with Crippen LogP contribution in [0, 0.1) is 4.64 Å². The second-order valence-corrected chi connectivity index (χ2v) is 4.80. The standard InChI is InChI=1S/C10H13N5O3S/c11-10-13-8-7(9(19)14-10)12-3-15(8)6-1-4(17)5(2-16)18-6/h3-6,16-17H,1-2H2,(H3,11,13,14,19)/t4-,5?,6-/m1/s1. The lowest BCUT2D eigenvalue weighted by molar-refractivity contribution is -0.0432. The van der Waals surface area contributed by atoms with Crippen LogP contribution in [0.1, 0.15) is 12.6 Å². The van der Waals surface area contributed by atoms with Gasteiger partial charge in [0.05, 0.1) is 19.0 Å². The van der Waals surface area contributed by atoms with Crippen molar-refractivity contribution in [2.24, 2.45) is 0 Å². The van der Waals surface area contributed by atoms with Gasteiger partial charge in [-0.2, -0.15) is 4.98 Å². The summed E-state index contributed by atoms with van der Waals surface area (Å²) >= 11 is 5.12. The molecule has 19 heavy (non-hydrogen) atoms. The van der Waals surface area contributed by atoms with Gasteiger partial charge >= 0.3 is 0 Å². The van der Waals surface area contributed by atoms with Crippen LogP contribution in [0.3, 0.4) is 0 Å². The van der Waals surface area contributed by atoms with Crippen LogP contribution < -0.4 is 5.73 Å². The fraction of sp³-hybridized carbons (Fsp3) is 0.500. The van der Waals surface area contributed by atoms with Crippen molar-refractivity contribution in [2.75, 3.05) is 12.3 Å². The van der Waals surface area contributed by atoms with Gasteiger partial charge in [0.15, 0.2) is 5.65 Å². The molecule has 0 aromatic carbocycles. The molecule has 5 N–H and O–H groups in total. The molecule has 3 rings (SSSR count). The van der Waals surface area contributed by atoms with Gasteiger partial charge in [0.25, 0.3) is 0 Å². The number of rotatable bonds is 2. The predicted octanol–water partition coefficient (Wildman–Crippen LogP) is -0.288. The predicted molar refractivity (Wildman–Crippen MR) is 68.7 cm³/mol. The van der Waals surface area contributed by atoms with Gasteiger partial charge in [0, 0.05) is 6.42 Å². The molecule has 0 bridgehead atoms. The molecule has 1 saturated heterocycles. The van der Waals surface area contributed by atoms with Crippen LogP contribution in [0.4, 0.5) is 5.95 Å². The number of hydrogen-bond acceptors (Lipinski definition) is 7. The second-order valence-electron chi connectivity index (χ2n) is 4.39. The Morgan fingerprint density at radius 3 is 3.11 bits per heavy atom. The Bertz CT molecular complexity index is 669. The highest BCUT2D eigenvalue weighted by Gasteiger charge is 2.35. The summed E-state index contributed by atoms with van der Waals surface area (Å²) in [5.74, 6) is 0.191. The highest BCUT2D eigenvalue weighted by Crippen LogP contribution is 2.30. The lowest BCUT2D eigenvalue weighted by Gasteiger charge is -2.13. The van der Waals surface area contributed by atoms with E-state index in [1.807, 2.05) is 0 Å². The average Bonchev–Trinajstić information content (AvgIpc) is 2.92. The monoisotopic (exact) mass is 283 g/mol. The van der Waals surface area contributed by atoms with Crippen LogP contribution in [-0.4, -0.2) is 48.5 Å². The van der Waals surface area contributed by atoms with Crippen molar-refractivity contribution in [3.8, 4) is 0 Å². The van der Waals surface area contributed by atoms with Gasteiger partial charge in [-0.3, -0.25) is 4.57 Å². The highest BCUT2D eigenvalue weighted by molar-refractivity contribution is 7.71. The molecule has 8 nitrogen and oxygen atoms in total. The summed E-state index contributed by atoms with van der Waals surface area (Å²) in [4.78, 5) is 11.0. The zero-order valence-electron chi connectivity index (χ0n) is 9.85. The van der Waals surface area contributed by atoms with Gasteiger partial charge in [-0.25, -0.2) is 4.98 Å². The van der Waals surface area contributed by atoms with Crippen molar-refractivity contribution < 1.29 is 14.9 Å². The van der Waals surface area contributed by atoms with E-state index in [1.165, 1.54) is 6.33 Å². The number of nitrogens with two attached hydrogens (primary N) is 1. The number of H-pyrrole nitrogens is 1. The summed E-state index contributed by atoms with van der Waals surface area (Å²) in [5, 5.41) is 18.8. The first-order chi connectivity index (χ1) is 9.10. The minimum Gasteiger partial charge on any atom is -0.394 e. The van der Waals surface area contributed by atoms with E-state index in [4.69, 9.17) is 27.8 Å². The number of imidazole rings is 1. The summed E-state index contributed by atoms with van der Waals surface area (Å²) in [5.41, 5.74) is 6.65. The zero-order valence-corrected chi connectivity index (χ0v) is 10.7. The van der Waals surface area contributed by atoms with E-state index < -0.39 is 18.4 Å². The maximum Gasteiger partial charge on any atom is 0.200 e. The number of aromatic amines is 1. The number of nitrogens with zero attached hydrogens (tertiary/aromatic N) is 3. The number of aromatic nitrogens is 4. The Kier molecular flexibility index (Phi) is 2.97. The van der Waals surface area contributed by atoms with Crippen molar-refractivity contribution in [1.29, 1.82) is 0 Å². The first-order valence-electron chi connectivity index (χ1n) is 5.77. The van der Waals surface area contributed by atoms with Crippen molar-refractivity contribution in [3.63, 3.8) is 0 Å². The molecule has 3 heterocycles. The molecule has 1 fully saturated rings. The van der Waals surface area contributed by atoms with Crippen molar-refractivity contribution in [2.45, 2.75) is 24.9 Å². The molecule has 102 valence electrons. The van der Waals surface area contributed by atoms with Gasteiger partial charge in [-0.15, -0.1) is 0 Å². The Morgan fingerprint density at radius 2 is 2.42 bits per heavy atom. The van der Waals surface area contributed by atoms with Crippen molar-refractivity contribution in [3.05, 3.63) is 11.0 Å². The lowest BCUT2D eigenvalue weighted by Crippen LogP contribution is -2.24. The fourth-order valence-corrected chi connectivity index (χ4v) is 2.45. The maximum atomic E-state index is 9.75.